The first-order valence-electron chi connectivity index (χ1n) is 6.55. The van der Waals surface area contributed by atoms with E-state index in [0.717, 1.165) is 18.5 Å². The van der Waals surface area contributed by atoms with Crippen LogP contribution in [0.4, 0.5) is 10.6 Å². The third-order valence-electron chi connectivity index (χ3n) is 2.38. The summed E-state index contributed by atoms with van der Waals surface area (Å²) in [6, 6.07) is 0. The summed E-state index contributed by atoms with van der Waals surface area (Å²) in [6.07, 6.45) is 2.35. The molecule has 1 aromatic rings. The van der Waals surface area contributed by atoms with Gasteiger partial charge in [0, 0.05) is 19.2 Å². The van der Waals surface area contributed by atoms with E-state index < -0.39 is 11.7 Å². The first kappa shape index (κ1) is 15.5. The highest BCUT2D eigenvalue weighted by molar-refractivity contribution is 5.84. The second kappa shape index (κ2) is 6.56. The van der Waals surface area contributed by atoms with Crippen LogP contribution in [0.1, 0.15) is 39.7 Å². The average Bonchev–Trinajstić information content (AvgIpc) is 2.59. The Bertz CT molecular complexity index is 421. The number of nitrogens with zero attached hydrogens (tertiary/aromatic N) is 2. The number of ether oxygens (including phenoxy) is 1. The summed E-state index contributed by atoms with van der Waals surface area (Å²) in [6.45, 7) is 9.21. The van der Waals surface area contributed by atoms with Crippen molar-refractivity contribution in [2.75, 3.05) is 11.9 Å². The number of hydrogen-bond acceptors (Lipinski definition) is 4. The quantitative estimate of drug-likeness (QED) is 0.804. The van der Waals surface area contributed by atoms with Crippen LogP contribution in [0, 0.1) is 0 Å². The largest absolute Gasteiger partial charge is 0.444 e. The van der Waals surface area contributed by atoms with E-state index in [4.69, 9.17) is 4.74 Å². The first-order valence-corrected chi connectivity index (χ1v) is 6.55. The monoisotopic (exact) mass is 268 g/mol. The van der Waals surface area contributed by atoms with Gasteiger partial charge in [0.15, 0.2) is 0 Å². The lowest BCUT2D eigenvalue weighted by molar-refractivity contribution is 0.0634. The molecule has 0 fully saturated rings. The number of rotatable bonds is 5. The van der Waals surface area contributed by atoms with Gasteiger partial charge in [-0.25, -0.2) is 4.79 Å². The summed E-state index contributed by atoms with van der Waals surface area (Å²) in [5, 5.41) is 10.2. The molecule has 19 heavy (non-hydrogen) atoms. The second-order valence-electron chi connectivity index (χ2n) is 5.45. The van der Waals surface area contributed by atoms with Crippen LogP contribution < -0.4 is 10.6 Å². The molecule has 1 heterocycles. The van der Waals surface area contributed by atoms with Crippen molar-refractivity contribution in [3.63, 3.8) is 0 Å². The molecule has 2 N–H and O–H groups in total. The highest BCUT2D eigenvalue weighted by Gasteiger charge is 2.18. The number of amides is 1. The van der Waals surface area contributed by atoms with Crippen molar-refractivity contribution >= 4 is 11.9 Å². The SMILES string of the molecule is CCCNCc1cnn(C)c1NC(=O)OC(C)(C)C. The summed E-state index contributed by atoms with van der Waals surface area (Å²) in [4.78, 5) is 11.8. The Balaban J connectivity index is 2.66. The van der Waals surface area contributed by atoms with Crippen molar-refractivity contribution in [2.45, 2.75) is 46.3 Å². The van der Waals surface area contributed by atoms with Crippen LogP contribution in [-0.2, 0) is 18.3 Å². The normalized spacial score (nSPS) is 11.4. The van der Waals surface area contributed by atoms with Gasteiger partial charge in [0.1, 0.15) is 11.4 Å². The fraction of sp³-hybridized carbons (Fsp3) is 0.692. The summed E-state index contributed by atoms with van der Waals surface area (Å²) in [5.41, 5.74) is 0.436. The number of aryl methyl sites for hydroxylation is 1. The van der Waals surface area contributed by atoms with Crippen molar-refractivity contribution in [3.8, 4) is 0 Å². The molecule has 6 heteroatoms. The molecular formula is C13H24N4O2. The van der Waals surface area contributed by atoms with Crippen LogP contribution in [-0.4, -0.2) is 28.0 Å². The third kappa shape index (κ3) is 5.30. The molecular weight excluding hydrogens is 244 g/mol. The Labute approximate surface area is 114 Å². The van der Waals surface area contributed by atoms with Crippen molar-refractivity contribution in [1.29, 1.82) is 0 Å². The van der Waals surface area contributed by atoms with Crippen LogP contribution in [0.25, 0.3) is 0 Å². The molecule has 0 radical (unpaired) electrons. The summed E-state index contributed by atoms with van der Waals surface area (Å²) < 4.78 is 6.87. The minimum atomic E-state index is -0.511. The summed E-state index contributed by atoms with van der Waals surface area (Å²) in [7, 11) is 1.79. The molecule has 108 valence electrons. The van der Waals surface area contributed by atoms with E-state index in [1.807, 2.05) is 20.8 Å². The molecule has 0 unspecified atom stereocenters. The van der Waals surface area contributed by atoms with Gasteiger partial charge in [-0.15, -0.1) is 0 Å². The lowest BCUT2D eigenvalue weighted by Crippen LogP contribution is -2.28. The molecule has 0 bridgehead atoms. The summed E-state index contributed by atoms with van der Waals surface area (Å²) >= 11 is 0. The highest BCUT2D eigenvalue weighted by atomic mass is 16.6. The van der Waals surface area contributed by atoms with E-state index in [1.54, 1.807) is 17.9 Å². The lowest BCUT2D eigenvalue weighted by Gasteiger charge is -2.20. The lowest BCUT2D eigenvalue weighted by atomic mass is 10.2. The van der Waals surface area contributed by atoms with Crippen LogP contribution in [0.5, 0.6) is 0 Å². The van der Waals surface area contributed by atoms with Crippen LogP contribution in [0.2, 0.25) is 0 Å². The van der Waals surface area contributed by atoms with Gasteiger partial charge in [0.25, 0.3) is 0 Å². The summed E-state index contributed by atoms with van der Waals surface area (Å²) in [5.74, 6) is 0.665. The standard InChI is InChI=1S/C13H24N4O2/c1-6-7-14-8-10-9-15-17(5)11(10)16-12(18)19-13(2,3)4/h9,14H,6-8H2,1-5H3,(H,16,18). The minimum absolute atomic E-state index is 0.465. The van der Waals surface area contributed by atoms with Gasteiger partial charge in [0.05, 0.1) is 6.20 Å². The van der Waals surface area contributed by atoms with Gasteiger partial charge >= 0.3 is 6.09 Å². The third-order valence-corrected chi connectivity index (χ3v) is 2.38. The van der Waals surface area contributed by atoms with Gasteiger partial charge in [-0.2, -0.15) is 5.10 Å². The van der Waals surface area contributed by atoms with E-state index >= 15 is 0 Å². The predicted molar refractivity (Wildman–Crippen MR) is 75.1 cm³/mol. The maximum Gasteiger partial charge on any atom is 0.413 e. The van der Waals surface area contributed by atoms with Crippen molar-refractivity contribution in [1.82, 2.24) is 15.1 Å². The molecule has 1 aromatic heterocycles. The number of hydrogen-bond donors (Lipinski definition) is 2. The average molecular weight is 268 g/mol. The van der Waals surface area contributed by atoms with Crippen LogP contribution in [0.3, 0.4) is 0 Å². The zero-order valence-corrected chi connectivity index (χ0v) is 12.4. The molecule has 0 aliphatic rings. The molecule has 0 aliphatic heterocycles. The molecule has 0 aliphatic carbocycles. The number of anilines is 1. The van der Waals surface area contributed by atoms with E-state index in [2.05, 4.69) is 22.7 Å². The van der Waals surface area contributed by atoms with Crippen molar-refractivity contribution in [3.05, 3.63) is 11.8 Å². The molecule has 0 atom stereocenters. The maximum absolute atomic E-state index is 11.8. The van der Waals surface area contributed by atoms with Crippen LogP contribution in [0.15, 0.2) is 6.20 Å². The van der Waals surface area contributed by atoms with Gasteiger partial charge in [-0.3, -0.25) is 10.00 Å². The Hall–Kier alpha value is -1.56. The topological polar surface area (TPSA) is 68.2 Å². The fourth-order valence-electron chi connectivity index (χ4n) is 1.57. The minimum Gasteiger partial charge on any atom is -0.444 e. The Kier molecular flexibility index (Phi) is 5.35. The zero-order chi connectivity index (χ0) is 14.5. The Morgan fingerprint density at radius 1 is 1.47 bits per heavy atom. The van der Waals surface area contributed by atoms with Gasteiger partial charge in [0.2, 0.25) is 0 Å². The van der Waals surface area contributed by atoms with E-state index in [-0.39, 0.29) is 0 Å². The Morgan fingerprint density at radius 3 is 2.74 bits per heavy atom. The molecule has 1 amide bonds. The van der Waals surface area contributed by atoms with E-state index in [1.165, 1.54) is 0 Å². The number of carbonyl (C=O) groups excluding carboxylic acids is 1. The van der Waals surface area contributed by atoms with E-state index in [9.17, 15) is 4.79 Å². The van der Waals surface area contributed by atoms with E-state index in [0.29, 0.717) is 12.4 Å². The first-order chi connectivity index (χ1) is 8.83. The fourth-order valence-corrected chi connectivity index (χ4v) is 1.57. The zero-order valence-electron chi connectivity index (χ0n) is 12.4. The molecule has 6 nitrogen and oxygen atoms in total. The van der Waals surface area contributed by atoms with Crippen molar-refractivity contribution in [2.24, 2.45) is 7.05 Å². The Morgan fingerprint density at radius 2 is 2.16 bits per heavy atom. The second-order valence-corrected chi connectivity index (χ2v) is 5.45. The molecule has 0 saturated heterocycles. The maximum atomic E-state index is 11.8. The highest BCUT2D eigenvalue weighted by Crippen LogP contribution is 2.16. The molecule has 0 spiro atoms. The number of carbonyl (C=O) groups is 1. The van der Waals surface area contributed by atoms with Crippen molar-refractivity contribution < 1.29 is 9.53 Å². The number of nitrogens with one attached hydrogen (secondary N) is 2. The molecule has 0 saturated carbocycles. The smallest absolute Gasteiger partial charge is 0.413 e. The molecule has 1 rings (SSSR count). The van der Waals surface area contributed by atoms with Gasteiger partial charge in [-0.05, 0) is 33.7 Å². The predicted octanol–water partition coefficient (Wildman–Crippen LogP) is 2.27. The molecule has 0 aromatic carbocycles. The van der Waals surface area contributed by atoms with Crippen LogP contribution >= 0.6 is 0 Å². The van der Waals surface area contributed by atoms with Gasteiger partial charge in [-0.1, -0.05) is 6.92 Å². The number of aromatic nitrogens is 2. The van der Waals surface area contributed by atoms with Gasteiger partial charge < -0.3 is 10.1 Å².